The Kier molecular flexibility index (Phi) is 3.56. The van der Waals surface area contributed by atoms with Gasteiger partial charge in [-0.25, -0.2) is 0 Å². The van der Waals surface area contributed by atoms with Gasteiger partial charge < -0.3 is 11.1 Å². The van der Waals surface area contributed by atoms with E-state index in [1.807, 2.05) is 61.5 Å². The van der Waals surface area contributed by atoms with E-state index in [1.54, 1.807) is 6.92 Å². The van der Waals surface area contributed by atoms with Crippen LogP contribution in [0.15, 0.2) is 54.6 Å². The summed E-state index contributed by atoms with van der Waals surface area (Å²) in [7, 11) is 0. The maximum Gasteiger partial charge on any atom is 0.247 e. The number of carbonyl (C=O) groups is 1. The number of amides is 1. The SMILES string of the molecule is Cc1ccc(C(C)(Nc2ccccc2)C(N)=O)cc1. The molecule has 98 valence electrons. The van der Waals surface area contributed by atoms with Crippen molar-refractivity contribution in [2.45, 2.75) is 19.4 Å². The monoisotopic (exact) mass is 254 g/mol. The summed E-state index contributed by atoms with van der Waals surface area (Å²) in [5.74, 6) is -0.403. The number of rotatable bonds is 4. The van der Waals surface area contributed by atoms with Gasteiger partial charge in [0.2, 0.25) is 5.91 Å². The van der Waals surface area contributed by atoms with Gasteiger partial charge in [-0.2, -0.15) is 0 Å². The topological polar surface area (TPSA) is 55.1 Å². The third kappa shape index (κ3) is 2.76. The minimum absolute atomic E-state index is 0.403. The smallest absolute Gasteiger partial charge is 0.247 e. The maximum absolute atomic E-state index is 11.9. The van der Waals surface area contributed by atoms with Gasteiger partial charge in [0.05, 0.1) is 0 Å². The van der Waals surface area contributed by atoms with Crippen molar-refractivity contribution < 1.29 is 4.79 Å². The van der Waals surface area contributed by atoms with Crippen LogP contribution >= 0.6 is 0 Å². The number of hydrogen-bond donors (Lipinski definition) is 2. The van der Waals surface area contributed by atoms with Gasteiger partial charge in [0.15, 0.2) is 0 Å². The van der Waals surface area contributed by atoms with Crippen LogP contribution in [0.25, 0.3) is 0 Å². The molecule has 0 spiro atoms. The number of primary amides is 1. The normalized spacial score (nSPS) is 13.6. The molecule has 2 rings (SSSR count). The second kappa shape index (κ2) is 5.14. The molecule has 1 unspecified atom stereocenters. The third-order valence-electron chi connectivity index (χ3n) is 3.29. The summed E-state index contributed by atoms with van der Waals surface area (Å²) >= 11 is 0. The molecule has 3 nitrogen and oxygen atoms in total. The quantitative estimate of drug-likeness (QED) is 0.881. The molecule has 19 heavy (non-hydrogen) atoms. The summed E-state index contributed by atoms with van der Waals surface area (Å²) in [5.41, 5.74) is 7.54. The first-order valence-corrected chi connectivity index (χ1v) is 6.22. The number of hydrogen-bond acceptors (Lipinski definition) is 2. The van der Waals surface area contributed by atoms with Crippen LogP contribution in [0, 0.1) is 6.92 Å². The highest BCUT2D eigenvalue weighted by atomic mass is 16.1. The molecule has 0 fully saturated rings. The number of para-hydroxylation sites is 1. The lowest BCUT2D eigenvalue weighted by Gasteiger charge is -2.29. The molecule has 0 aliphatic carbocycles. The fraction of sp³-hybridized carbons (Fsp3) is 0.188. The summed E-state index contributed by atoms with van der Waals surface area (Å²) in [6.07, 6.45) is 0. The zero-order chi connectivity index (χ0) is 13.9. The zero-order valence-corrected chi connectivity index (χ0v) is 11.2. The summed E-state index contributed by atoms with van der Waals surface area (Å²) in [6, 6.07) is 17.4. The number of nitrogens with one attached hydrogen (secondary N) is 1. The molecule has 0 radical (unpaired) electrons. The van der Waals surface area contributed by atoms with E-state index in [1.165, 1.54) is 0 Å². The van der Waals surface area contributed by atoms with Gasteiger partial charge in [0, 0.05) is 5.69 Å². The molecule has 0 saturated heterocycles. The molecule has 0 aliphatic rings. The Bertz CT molecular complexity index is 563. The van der Waals surface area contributed by atoms with Crippen molar-refractivity contribution in [2.75, 3.05) is 5.32 Å². The minimum atomic E-state index is -0.922. The molecular formula is C16H18N2O. The largest absolute Gasteiger partial charge is 0.368 e. The van der Waals surface area contributed by atoms with Gasteiger partial charge in [-0.3, -0.25) is 4.79 Å². The summed E-state index contributed by atoms with van der Waals surface area (Å²) in [4.78, 5) is 11.9. The van der Waals surface area contributed by atoms with Crippen LogP contribution in [0.1, 0.15) is 18.1 Å². The van der Waals surface area contributed by atoms with E-state index in [0.29, 0.717) is 0 Å². The van der Waals surface area contributed by atoms with Crippen molar-refractivity contribution in [3.05, 3.63) is 65.7 Å². The molecule has 2 aromatic carbocycles. The van der Waals surface area contributed by atoms with Crippen LogP contribution in [0.5, 0.6) is 0 Å². The molecular weight excluding hydrogens is 236 g/mol. The Morgan fingerprint density at radius 1 is 1.05 bits per heavy atom. The van der Waals surface area contributed by atoms with Crippen molar-refractivity contribution in [1.29, 1.82) is 0 Å². The van der Waals surface area contributed by atoms with Crippen LogP contribution in [0.2, 0.25) is 0 Å². The number of anilines is 1. The molecule has 0 bridgehead atoms. The molecule has 1 amide bonds. The van der Waals surface area contributed by atoms with Crippen molar-refractivity contribution >= 4 is 11.6 Å². The lowest BCUT2D eigenvalue weighted by atomic mass is 9.90. The molecule has 0 heterocycles. The van der Waals surface area contributed by atoms with E-state index in [-0.39, 0.29) is 0 Å². The van der Waals surface area contributed by atoms with E-state index in [0.717, 1.165) is 16.8 Å². The van der Waals surface area contributed by atoms with Crippen LogP contribution in [0.3, 0.4) is 0 Å². The van der Waals surface area contributed by atoms with Crippen molar-refractivity contribution in [1.82, 2.24) is 0 Å². The van der Waals surface area contributed by atoms with Crippen molar-refractivity contribution in [2.24, 2.45) is 5.73 Å². The predicted molar refractivity (Wildman–Crippen MR) is 77.8 cm³/mol. The van der Waals surface area contributed by atoms with Crippen molar-refractivity contribution in [3.63, 3.8) is 0 Å². The number of benzene rings is 2. The first kappa shape index (κ1) is 13.1. The van der Waals surface area contributed by atoms with E-state index < -0.39 is 11.4 Å². The Balaban J connectivity index is 2.38. The van der Waals surface area contributed by atoms with Gasteiger partial charge in [-0.15, -0.1) is 0 Å². The number of nitrogens with two attached hydrogens (primary N) is 1. The first-order valence-electron chi connectivity index (χ1n) is 6.22. The highest BCUT2D eigenvalue weighted by Crippen LogP contribution is 2.26. The standard InChI is InChI=1S/C16H18N2O/c1-12-8-10-13(11-9-12)16(2,15(17)19)18-14-6-4-3-5-7-14/h3-11,18H,1-2H3,(H2,17,19). The number of aryl methyl sites for hydroxylation is 1. The Morgan fingerprint density at radius 3 is 2.16 bits per heavy atom. The molecule has 0 saturated carbocycles. The van der Waals surface area contributed by atoms with Crippen LogP contribution in [0.4, 0.5) is 5.69 Å². The fourth-order valence-corrected chi connectivity index (χ4v) is 1.97. The van der Waals surface area contributed by atoms with Gasteiger partial charge >= 0.3 is 0 Å². The minimum Gasteiger partial charge on any atom is -0.368 e. The molecule has 3 N–H and O–H groups in total. The second-order valence-corrected chi connectivity index (χ2v) is 4.85. The summed E-state index contributed by atoms with van der Waals surface area (Å²) in [5, 5.41) is 3.22. The van der Waals surface area contributed by atoms with E-state index in [2.05, 4.69) is 5.32 Å². The fourth-order valence-electron chi connectivity index (χ4n) is 1.97. The van der Waals surface area contributed by atoms with Crippen LogP contribution in [-0.4, -0.2) is 5.91 Å². The zero-order valence-electron chi connectivity index (χ0n) is 11.2. The van der Waals surface area contributed by atoms with E-state index in [4.69, 9.17) is 5.73 Å². The lowest BCUT2D eigenvalue weighted by Crippen LogP contribution is -2.45. The average Bonchev–Trinajstić information content (AvgIpc) is 2.40. The molecule has 0 aromatic heterocycles. The van der Waals surface area contributed by atoms with Gasteiger partial charge in [-0.1, -0.05) is 48.0 Å². The van der Waals surface area contributed by atoms with Crippen LogP contribution < -0.4 is 11.1 Å². The van der Waals surface area contributed by atoms with E-state index in [9.17, 15) is 4.79 Å². The van der Waals surface area contributed by atoms with Crippen LogP contribution in [-0.2, 0) is 10.3 Å². The molecule has 0 aliphatic heterocycles. The Hall–Kier alpha value is -2.29. The predicted octanol–water partition coefficient (Wildman–Crippen LogP) is 2.81. The molecule has 1 atom stereocenters. The maximum atomic E-state index is 11.9. The first-order chi connectivity index (χ1) is 9.02. The van der Waals surface area contributed by atoms with Gasteiger partial charge in [-0.05, 0) is 31.5 Å². The number of carbonyl (C=O) groups excluding carboxylic acids is 1. The van der Waals surface area contributed by atoms with Gasteiger partial charge in [0.25, 0.3) is 0 Å². The molecule has 2 aromatic rings. The van der Waals surface area contributed by atoms with Gasteiger partial charge in [0.1, 0.15) is 5.54 Å². The summed E-state index contributed by atoms with van der Waals surface area (Å²) < 4.78 is 0. The Morgan fingerprint density at radius 2 is 1.63 bits per heavy atom. The van der Waals surface area contributed by atoms with Crippen molar-refractivity contribution in [3.8, 4) is 0 Å². The second-order valence-electron chi connectivity index (χ2n) is 4.85. The van der Waals surface area contributed by atoms with E-state index >= 15 is 0 Å². The molecule has 3 heteroatoms. The third-order valence-corrected chi connectivity index (χ3v) is 3.29. The summed E-state index contributed by atoms with van der Waals surface area (Å²) in [6.45, 7) is 3.81. The highest BCUT2D eigenvalue weighted by molar-refractivity contribution is 5.89. The average molecular weight is 254 g/mol. The highest BCUT2D eigenvalue weighted by Gasteiger charge is 2.32. The lowest BCUT2D eigenvalue weighted by molar-refractivity contribution is -0.122. The Labute approximate surface area is 113 Å².